The van der Waals surface area contributed by atoms with Gasteiger partial charge in [-0.1, -0.05) is 60.2 Å². The van der Waals surface area contributed by atoms with Crippen molar-refractivity contribution in [2.75, 3.05) is 63.7 Å². The summed E-state index contributed by atoms with van der Waals surface area (Å²) in [5, 5.41) is 2.96. The fraction of sp³-hybridized carbons (Fsp3) is 0.270. The average molecular weight is 621 g/mol. The van der Waals surface area contributed by atoms with Crippen molar-refractivity contribution in [3.63, 3.8) is 0 Å². The molecule has 4 aromatic carbocycles. The highest BCUT2D eigenvalue weighted by Crippen LogP contribution is 2.29. The maximum absolute atomic E-state index is 13.4. The molecule has 238 valence electrons. The molecule has 1 saturated heterocycles. The van der Waals surface area contributed by atoms with Crippen molar-refractivity contribution in [1.29, 1.82) is 0 Å². The van der Waals surface area contributed by atoms with Crippen LogP contribution in [0.1, 0.15) is 32.7 Å². The summed E-state index contributed by atoms with van der Waals surface area (Å²) in [6.07, 6.45) is 0.227. The first kappa shape index (κ1) is 32.2. The minimum absolute atomic E-state index is 0.222. The first-order valence-electron chi connectivity index (χ1n) is 15.5. The minimum atomic E-state index is -0.295. The summed E-state index contributed by atoms with van der Waals surface area (Å²) < 4.78 is 11.4. The maximum Gasteiger partial charge on any atom is 0.409 e. The second-order valence-corrected chi connectivity index (χ2v) is 11.4. The molecule has 1 fully saturated rings. The molecule has 9 heteroatoms. The molecule has 0 radical (unpaired) electrons. The molecule has 1 aliphatic rings. The standard InChI is InChI=1S/C37H40N4O5/c1-27-13-15-28(16-14-27)31-9-4-5-10-32(31)35(42)38-30-19-17-29(18-20-30)36(43)40(3)33-11-6-7-12-34(33)45-25-8-26-46-37(44)41-23-21-39(2)22-24-41/h4-7,9-20H,8,21-26H2,1-3H3,(H,38,42). The predicted molar refractivity (Wildman–Crippen MR) is 181 cm³/mol. The monoisotopic (exact) mass is 620 g/mol. The van der Waals surface area contributed by atoms with Crippen LogP contribution < -0.4 is 15.0 Å². The van der Waals surface area contributed by atoms with Crippen LogP contribution in [0.5, 0.6) is 5.75 Å². The number of rotatable bonds is 10. The Balaban J connectivity index is 1.15. The second-order valence-electron chi connectivity index (χ2n) is 11.4. The van der Waals surface area contributed by atoms with Crippen LogP contribution >= 0.6 is 0 Å². The first-order chi connectivity index (χ1) is 22.3. The molecular formula is C37H40N4O5. The number of carbonyl (C=O) groups excluding carboxylic acids is 3. The Hall–Kier alpha value is -5.15. The van der Waals surface area contributed by atoms with Gasteiger partial charge < -0.3 is 29.5 Å². The summed E-state index contributed by atoms with van der Waals surface area (Å²) in [4.78, 5) is 44.4. The zero-order valence-corrected chi connectivity index (χ0v) is 26.6. The van der Waals surface area contributed by atoms with Gasteiger partial charge in [-0.05, 0) is 67.6 Å². The van der Waals surface area contributed by atoms with Gasteiger partial charge in [0.2, 0.25) is 0 Å². The number of anilines is 2. The van der Waals surface area contributed by atoms with Crippen LogP contribution in [0.3, 0.4) is 0 Å². The van der Waals surface area contributed by atoms with E-state index in [2.05, 4.69) is 10.2 Å². The third-order valence-electron chi connectivity index (χ3n) is 7.99. The van der Waals surface area contributed by atoms with Gasteiger partial charge in [-0.3, -0.25) is 9.59 Å². The number of nitrogens with zero attached hydrogens (tertiary/aromatic N) is 3. The molecule has 46 heavy (non-hydrogen) atoms. The van der Waals surface area contributed by atoms with Crippen LogP contribution in [0.25, 0.3) is 11.1 Å². The van der Waals surface area contributed by atoms with Crippen molar-refractivity contribution in [1.82, 2.24) is 9.80 Å². The molecule has 5 rings (SSSR count). The highest BCUT2D eigenvalue weighted by Gasteiger charge is 2.21. The largest absolute Gasteiger partial charge is 0.491 e. The van der Waals surface area contributed by atoms with Gasteiger partial charge in [-0.15, -0.1) is 0 Å². The van der Waals surface area contributed by atoms with Crippen molar-refractivity contribution < 1.29 is 23.9 Å². The molecule has 0 bridgehead atoms. The van der Waals surface area contributed by atoms with E-state index in [4.69, 9.17) is 9.47 Å². The Morgan fingerprint density at radius 3 is 2.22 bits per heavy atom. The quantitative estimate of drug-likeness (QED) is 0.208. The summed E-state index contributed by atoms with van der Waals surface area (Å²) in [7, 11) is 3.73. The van der Waals surface area contributed by atoms with Crippen LogP contribution in [-0.2, 0) is 4.74 Å². The van der Waals surface area contributed by atoms with Crippen LogP contribution in [0, 0.1) is 6.92 Å². The van der Waals surface area contributed by atoms with Gasteiger partial charge in [0.25, 0.3) is 11.8 Å². The molecule has 1 heterocycles. The molecule has 0 aliphatic carbocycles. The van der Waals surface area contributed by atoms with Gasteiger partial charge in [0, 0.05) is 56.5 Å². The SMILES string of the molecule is Cc1ccc(-c2ccccc2C(=O)Nc2ccc(C(=O)N(C)c3ccccc3OCCCOC(=O)N3CCN(C)CC3)cc2)cc1. The molecule has 1 aliphatic heterocycles. The Morgan fingerprint density at radius 1 is 0.804 bits per heavy atom. The lowest BCUT2D eigenvalue weighted by molar-refractivity contribution is 0.0780. The van der Waals surface area contributed by atoms with Gasteiger partial charge >= 0.3 is 6.09 Å². The van der Waals surface area contributed by atoms with Crippen LogP contribution in [0.15, 0.2) is 97.1 Å². The van der Waals surface area contributed by atoms with E-state index in [1.165, 1.54) is 4.90 Å². The van der Waals surface area contributed by atoms with E-state index in [9.17, 15) is 14.4 Å². The predicted octanol–water partition coefficient (Wildman–Crippen LogP) is 6.34. The smallest absolute Gasteiger partial charge is 0.409 e. The number of carbonyl (C=O) groups is 3. The number of benzene rings is 4. The lowest BCUT2D eigenvalue weighted by atomic mass is 9.98. The highest BCUT2D eigenvalue weighted by molar-refractivity contribution is 6.09. The Labute approximate surface area is 270 Å². The van der Waals surface area contributed by atoms with Crippen LogP contribution in [-0.4, -0.2) is 81.2 Å². The number of hydrogen-bond donors (Lipinski definition) is 1. The molecule has 9 nitrogen and oxygen atoms in total. The molecule has 3 amide bonds. The van der Waals surface area contributed by atoms with Crippen LogP contribution in [0.4, 0.5) is 16.2 Å². The van der Waals surface area contributed by atoms with E-state index in [0.717, 1.165) is 29.8 Å². The van der Waals surface area contributed by atoms with E-state index in [1.807, 2.05) is 80.7 Å². The number of nitrogens with one attached hydrogen (secondary N) is 1. The number of aryl methyl sites for hydroxylation is 1. The lowest BCUT2D eigenvalue weighted by Gasteiger charge is -2.31. The zero-order chi connectivity index (χ0) is 32.5. The van der Waals surface area contributed by atoms with E-state index in [-0.39, 0.29) is 24.5 Å². The molecule has 0 unspecified atom stereocenters. The van der Waals surface area contributed by atoms with Gasteiger partial charge in [0.15, 0.2) is 0 Å². The van der Waals surface area contributed by atoms with Crippen LogP contribution in [0.2, 0.25) is 0 Å². The number of para-hydroxylation sites is 2. The molecule has 0 saturated carbocycles. The molecular weight excluding hydrogens is 580 g/mol. The fourth-order valence-electron chi connectivity index (χ4n) is 5.20. The summed E-state index contributed by atoms with van der Waals surface area (Å²) in [6.45, 7) is 5.62. The number of piperazine rings is 1. The summed E-state index contributed by atoms with van der Waals surface area (Å²) in [5.74, 6) is 0.104. The summed E-state index contributed by atoms with van der Waals surface area (Å²) in [5.41, 5.74) is 5.20. The molecule has 1 N–H and O–H groups in total. The van der Waals surface area contributed by atoms with Crippen molar-refractivity contribution >= 4 is 29.3 Å². The molecule has 0 atom stereocenters. The number of hydrogen-bond acceptors (Lipinski definition) is 6. The van der Waals surface area contributed by atoms with Crippen molar-refractivity contribution in [2.24, 2.45) is 0 Å². The number of amides is 3. The molecule has 4 aromatic rings. The summed E-state index contributed by atoms with van der Waals surface area (Å²) in [6, 6.07) is 29.7. The normalized spacial score (nSPS) is 13.2. The second kappa shape index (κ2) is 15.2. The van der Waals surface area contributed by atoms with E-state index in [0.29, 0.717) is 54.4 Å². The Kier molecular flexibility index (Phi) is 10.7. The molecule has 0 aromatic heterocycles. The summed E-state index contributed by atoms with van der Waals surface area (Å²) >= 11 is 0. The first-order valence-corrected chi connectivity index (χ1v) is 15.5. The third kappa shape index (κ3) is 8.11. The Bertz CT molecular complexity index is 1650. The fourth-order valence-corrected chi connectivity index (χ4v) is 5.20. The van der Waals surface area contributed by atoms with Gasteiger partial charge in [-0.2, -0.15) is 0 Å². The van der Waals surface area contributed by atoms with Crippen molar-refractivity contribution in [3.8, 4) is 16.9 Å². The van der Waals surface area contributed by atoms with Gasteiger partial charge in [-0.25, -0.2) is 4.79 Å². The number of ether oxygens (including phenoxy) is 2. The van der Waals surface area contributed by atoms with Gasteiger partial charge in [0.1, 0.15) is 5.75 Å². The van der Waals surface area contributed by atoms with Gasteiger partial charge in [0.05, 0.1) is 18.9 Å². The highest BCUT2D eigenvalue weighted by atomic mass is 16.6. The zero-order valence-electron chi connectivity index (χ0n) is 26.6. The minimum Gasteiger partial charge on any atom is -0.491 e. The topological polar surface area (TPSA) is 91.4 Å². The van der Waals surface area contributed by atoms with E-state index in [1.54, 1.807) is 42.3 Å². The van der Waals surface area contributed by atoms with Crippen molar-refractivity contribution in [2.45, 2.75) is 13.3 Å². The number of likely N-dealkylation sites (N-methyl/N-ethyl adjacent to an activating group) is 1. The van der Waals surface area contributed by atoms with E-state index < -0.39 is 0 Å². The third-order valence-corrected chi connectivity index (χ3v) is 7.99. The Morgan fingerprint density at radius 2 is 1.48 bits per heavy atom. The average Bonchev–Trinajstić information content (AvgIpc) is 3.08. The lowest BCUT2D eigenvalue weighted by Crippen LogP contribution is -2.47. The van der Waals surface area contributed by atoms with E-state index >= 15 is 0 Å². The molecule has 0 spiro atoms. The maximum atomic E-state index is 13.4. The van der Waals surface area contributed by atoms with Crippen molar-refractivity contribution in [3.05, 3.63) is 114 Å².